The van der Waals surface area contributed by atoms with Crippen molar-refractivity contribution < 1.29 is 14.1 Å². The fraction of sp³-hybridized carbons (Fsp3) is 0.941. The van der Waals surface area contributed by atoms with Gasteiger partial charge in [-0.25, -0.2) is 0 Å². The molecule has 5 nitrogen and oxygen atoms in total. The number of nitrogens with zero attached hydrogens (tertiary/aromatic N) is 2. The molecule has 6 heteroatoms. The minimum absolute atomic E-state index is 0.0177. The highest BCUT2D eigenvalue weighted by Gasteiger charge is 2.45. The van der Waals surface area contributed by atoms with E-state index in [4.69, 9.17) is 4.74 Å². The molecule has 0 heterocycles. The Morgan fingerprint density at radius 3 is 2.30 bits per heavy atom. The summed E-state index contributed by atoms with van der Waals surface area (Å²) in [7, 11) is -1.23. The molecule has 2 aliphatic carbocycles. The largest absolute Gasteiger partial charge is 0.436 e. The molecule has 0 saturated heterocycles. The zero-order valence-electron chi connectivity index (χ0n) is 14.7. The number of carbonyl (C=O) groups excluding carboxylic acids is 1. The average molecular weight is 341 g/mol. The average Bonchev–Trinajstić information content (AvgIpc) is 2.52. The van der Waals surface area contributed by atoms with E-state index in [9.17, 15) is 9.36 Å². The van der Waals surface area contributed by atoms with E-state index in [1.165, 1.54) is 26.2 Å². The van der Waals surface area contributed by atoms with Crippen molar-refractivity contribution in [3.05, 3.63) is 0 Å². The second-order valence-corrected chi connectivity index (χ2v) is 9.44. The normalized spacial score (nSPS) is 27.9. The van der Waals surface area contributed by atoms with Crippen molar-refractivity contribution in [3.8, 4) is 0 Å². The van der Waals surface area contributed by atoms with Gasteiger partial charge < -0.3 is 4.74 Å². The van der Waals surface area contributed by atoms with Crippen LogP contribution in [0.15, 0.2) is 10.2 Å². The summed E-state index contributed by atoms with van der Waals surface area (Å²) in [5.74, 6) is -0.359. The zero-order chi connectivity index (χ0) is 16.9. The molecule has 0 amide bonds. The molecule has 0 N–H and O–H groups in total. The van der Waals surface area contributed by atoms with E-state index in [2.05, 4.69) is 10.2 Å². The van der Waals surface area contributed by atoms with Crippen molar-refractivity contribution in [2.75, 3.05) is 0 Å². The molecule has 2 aliphatic rings. The Kier molecular flexibility index (Phi) is 6.70. The van der Waals surface area contributed by atoms with Gasteiger partial charge in [-0.3, -0.25) is 4.79 Å². The van der Waals surface area contributed by atoms with Crippen LogP contribution in [0, 0.1) is 0 Å². The maximum absolute atomic E-state index is 13.0. The molecule has 0 aromatic heterocycles. The third-order valence-corrected chi connectivity index (χ3v) is 7.29. The molecule has 3 atom stereocenters. The van der Waals surface area contributed by atoms with Gasteiger partial charge in [0.05, 0.1) is 0 Å². The quantitative estimate of drug-likeness (QED) is 0.391. The number of ether oxygens (including phenoxy) is 1. The third kappa shape index (κ3) is 5.63. The first-order valence-electron chi connectivity index (χ1n) is 8.96. The fourth-order valence-electron chi connectivity index (χ4n) is 3.71. The lowest BCUT2D eigenvalue weighted by Crippen LogP contribution is -2.30. The van der Waals surface area contributed by atoms with E-state index in [1.807, 2.05) is 0 Å². The van der Waals surface area contributed by atoms with Crippen LogP contribution in [0.4, 0.5) is 0 Å². The van der Waals surface area contributed by atoms with Crippen LogP contribution in [0.5, 0.6) is 0 Å². The number of esters is 1. The van der Waals surface area contributed by atoms with Gasteiger partial charge in [-0.1, -0.05) is 17.4 Å². The lowest BCUT2D eigenvalue weighted by Gasteiger charge is -2.25. The Balaban J connectivity index is 2.02. The molecule has 0 aromatic rings. The fourth-order valence-corrected chi connectivity index (χ4v) is 6.12. The predicted molar refractivity (Wildman–Crippen MR) is 91.2 cm³/mol. The number of hydrogen-bond donors (Lipinski definition) is 0. The van der Waals surface area contributed by atoms with Gasteiger partial charge in [0.25, 0.3) is 0 Å². The Labute approximate surface area is 140 Å². The van der Waals surface area contributed by atoms with E-state index in [-0.39, 0.29) is 17.7 Å². The van der Waals surface area contributed by atoms with Crippen LogP contribution in [0.2, 0.25) is 0 Å². The van der Waals surface area contributed by atoms with Gasteiger partial charge in [-0.05, 0) is 58.8 Å². The lowest BCUT2D eigenvalue weighted by atomic mass is 9.95. The van der Waals surface area contributed by atoms with Crippen molar-refractivity contribution in [3.63, 3.8) is 0 Å². The van der Waals surface area contributed by atoms with E-state index in [0.29, 0.717) is 5.66 Å². The first kappa shape index (κ1) is 18.5. The van der Waals surface area contributed by atoms with Crippen LogP contribution in [-0.2, 0) is 14.1 Å². The molecule has 23 heavy (non-hydrogen) atoms. The molecule has 2 rings (SSSR count). The summed E-state index contributed by atoms with van der Waals surface area (Å²) in [6, 6.07) is 0.0177. The number of hydrogen-bond acceptors (Lipinski definition) is 5. The summed E-state index contributed by atoms with van der Waals surface area (Å²) in [6.45, 7) is 4.84. The molecule has 0 bridgehead atoms. The predicted octanol–water partition coefficient (Wildman–Crippen LogP) is 5.21. The smallest absolute Gasteiger partial charge is 0.347 e. The molecule has 0 aromatic carbocycles. The summed E-state index contributed by atoms with van der Waals surface area (Å²) in [5, 5.41) is 8.72. The number of azo groups is 1. The van der Waals surface area contributed by atoms with Crippen LogP contribution in [0.3, 0.4) is 0 Å². The highest BCUT2D eigenvalue weighted by Crippen LogP contribution is 2.48. The lowest BCUT2D eigenvalue weighted by molar-refractivity contribution is -0.153. The summed E-state index contributed by atoms with van der Waals surface area (Å²) in [4.78, 5) is 11.1. The van der Waals surface area contributed by atoms with Crippen LogP contribution in [0.25, 0.3) is 0 Å². The molecule has 0 aliphatic heterocycles. The summed E-state index contributed by atoms with van der Waals surface area (Å²) in [5.41, 5.74) is -0.413. The molecule has 2 fully saturated rings. The minimum atomic E-state index is -1.23. The van der Waals surface area contributed by atoms with Crippen molar-refractivity contribution in [2.45, 2.75) is 102 Å². The van der Waals surface area contributed by atoms with E-state index in [0.717, 1.165) is 38.5 Å². The van der Waals surface area contributed by atoms with Gasteiger partial charge in [0.2, 0.25) is 5.72 Å². The van der Waals surface area contributed by atoms with Gasteiger partial charge >= 0.3 is 13.8 Å². The van der Waals surface area contributed by atoms with Crippen LogP contribution in [0.1, 0.15) is 78.6 Å². The summed E-state index contributed by atoms with van der Waals surface area (Å²) < 4.78 is 18.2. The van der Waals surface area contributed by atoms with Crippen LogP contribution < -0.4 is 0 Å². The molecular formula is C17H30N2O3P+. The molecule has 2 saturated carbocycles. The standard InChI is InChI=1S/C17H30N2O3P/c1-13(20)22-17(2,3)19-18-15-11-7-8-12-16(15)23(21)14-9-5-4-6-10-14/h14-16H,4-12H2,1-3H3/q+1. The maximum Gasteiger partial charge on any atom is 0.347 e. The van der Waals surface area contributed by atoms with Gasteiger partial charge in [0, 0.05) is 6.92 Å². The molecule has 3 unspecified atom stereocenters. The SMILES string of the molecule is CC(=O)OC(C)(C)N=NC1CCCCC1[P+](=O)C1CCCCC1. The summed E-state index contributed by atoms with van der Waals surface area (Å²) >= 11 is 0. The molecular weight excluding hydrogens is 311 g/mol. The monoisotopic (exact) mass is 341 g/mol. The zero-order valence-corrected chi connectivity index (χ0v) is 15.6. The van der Waals surface area contributed by atoms with Crippen LogP contribution in [-0.4, -0.2) is 29.1 Å². The van der Waals surface area contributed by atoms with Gasteiger partial charge in [-0.15, -0.1) is 5.11 Å². The molecule has 130 valence electrons. The van der Waals surface area contributed by atoms with Crippen LogP contribution >= 0.6 is 7.80 Å². The van der Waals surface area contributed by atoms with Gasteiger partial charge in [0.15, 0.2) is 11.3 Å². The Bertz CT molecular complexity index is 459. The number of rotatable bonds is 5. The van der Waals surface area contributed by atoms with E-state index < -0.39 is 13.5 Å². The Morgan fingerprint density at radius 2 is 1.65 bits per heavy atom. The first-order valence-corrected chi connectivity index (χ1v) is 10.4. The highest BCUT2D eigenvalue weighted by molar-refractivity contribution is 7.46. The summed E-state index contributed by atoms with van der Waals surface area (Å²) in [6.07, 6.45) is 10.1. The third-order valence-electron chi connectivity index (χ3n) is 4.80. The van der Waals surface area contributed by atoms with Crippen molar-refractivity contribution >= 4 is 13.8 Å². The topological polar surface area (TPSA) is 68.1 Å². The van der Waals surface area contributed by atoms with Gasteiger partial charge in [0.1, 0.15) is 6.04 Å². The molecule has 0 spiro atoms. The van der Waals surface area contributed by atoms with E-state index in [1.54, 1.807) is 13.8 Å². The first-order chi connectivity index (χ1) is 10.9. The number of carbonyl (C=O) groups is 1. The maximum atomic E-state index is 13.0. The van der Waals surface area contributed by atoms with E-state index >= 15 is 0 Å². The van der Waals surface area contributed by atoms with Crippen molar-refractivity contribution in [1.29, 1.82) is 0 Å². The van der Waals surface area contributed by atoms with Crippen molar-refractivity contribution in [2.24, 2.45) is 10.2 Å². The Morgan fingerprint density at radius 1 is 1.04 bits per heavy atom. The Hall–Kier alpha value is -0.830. The molecule has 0 radical (unpaired) electrons. The highest BCUT2D eigenvalue weighted by atomic mass is 31.1. The minimum Gasteiger partial charge on any atom is -0.436 e. The van der Waals surface area contributed by atoms with Crippen molar-refractivity contribution in [1.82, 2.24) is 0 Å². The van der Waals surface area contributed by atoms with Gasteiger partial charge in [-0.2, -0.15) is 5.11 Å². The second kappa shape index (κ2) is 8.32. The second-order valence-electron chi connectivity index (χ2n) is 7.33.